The Bertz CT molecular complexity index is 2120. The van der Waals surface area contributed by atoms with Gasteiger partial charge in [0, 0.05) is 42.7 Å². The molecule has 4 aromatic rings. The number of hydrogen-bond acceptors (Lipinski definition) is 9. The number of piperidine rings is 1. The number of rotatable bonds is 3. The summed E-state index contributed by atoms with van der Waals surface area (Å²) in [4.78, 5) is 50.2. The molecule has 3 aliphatic rings. The predicted molar refractivity (Wildman–Crippen MR) is 194 cm³/mol. The Morgan fingerprint density at radius 2 is 1.74 bits per heavy atom. The van der Waals surface area contributed by atoms with Crippen LogP contribution in [-0.4, -0.2) is 81.6 Å². The fourth-order valence-corrected chi connectivity index (χ4v) is 7.04. The zero-order valence-electron chi connectivity index (χ0n) is 29.3. The zero-order chi connectivity index (χ0) is 38.3. The summed E-state index contributed by atoms with van der Waals surface area (Å²) in [6, 6.07) is 21.8. The molecule has 14 nitrogen and oxygen atoms in total. The summed E-state index contributed by atoms with van der Waals surface area (Å²) in [5.74, 6) is 0.492. The van der Waals surface area contributed by atoms with E-state index < -0.39 is 34.0 Å². The second-order valence-electron chi connectivity index (χ2n) is 12.5. The SMILES string of the molecule is COc1ccc2cc1-c1cccc(c1)OCC(=O)NCc1ccc(cc1)O[C@@H]1CCN(C(=O)c3cc(C)c(C)c(S(N)(=O)=O)c3)C[C@H]1NC2=O.O=CO. The van der Waals surface area contributed by atoms with Crippen LogP contribution in [0.5, 0.6) is 17.2 Å². The number of carbonyl (C=O) groups excluding carboxylic acids is 3. The van der Waals surface area contributed by atoms with Gasteiger partial charge in [-0.1, -0.05) is 24.3 Å². The molecule has 2 atom stereocenters. The van der Waals surface area contributed by atoms with Crippen LogP contribution in [0.4, 0.5) is 0 Å². The number of nitrogens with zero attached hydrogens (tertiary/aromatic N) is 1. The largest absolute Gasteiger partial charge is 0.496 e. The Morgan fingerprint density at radius 1 is 1.00 bits per heavy atom. The second kappa shape index (κ2) is 16.6. The van der Waals surface area contributed by atoms with Crippen LogP contribution in [0.1, 0.15) is 43.8 Å². The fourth-order valence-electron chi connectivity index (χ4n) is 6.16. The van der Waals surface area contributed by atoms with Crippen molar-refractivity contribution in [3.63, 3.8) is 0 Å². The Balaban J connectivity index is 0.00000175. The Hall–Kier alpha value is -5.93. The van der Waals surface area contributed by atoms with Gasteiger partial charge >= 0.3 is 0 Å². The van der Waals surface area contributed by atoms with E-state index >= 15 is 0 Å². The molecule has 15 heteroatoms. The number of ether oxygens (including phenoxy) is 3. The number of fused-ring (bicyclic) bond motifs is 7. The van der Waals surface area contributed by atoms with E-state index in [1.807, 2.05) is 18.2 Å². The van der Waals surface area contributed by atoms with Crippen LogP contribution in [0.25, 0.3) is 11.1 Å². The van der Waals surface area contributed by atoms with Crippen LogP contribution >= 0.6 is 0 Å². The van der Waals surface area contributed by atoms with Crippen molar-refractivity contribution in [2.75, 3.05) is 26.8 Å². The molecule has 6 bridgehead atoms. The number of nitrogens with two attached hydrogens (primary N) is 1. The molecule has 0 saturated carbocycles. The maximum absolute atomic E-state index is 13.9. The number of carbonyl (C=O) groups is 4. The van der Waals surface area contributed by atoms with E-state index in [9.17, 15) is 22.8 Å². The lowest BCUT2D eigenvalue weighted by atomic mass is 9.98. The maximum Gasteiger partial charge on any atom is 0.290 e. The van der Waals surface area contributed by atoms with Crippen LogP contribution in [0.2, 0.25) is 0 Å². The minimum absolute atomic E-state index is 0.0966. The lowest BCUT2D eigenvalue weighted by Gasteiger charge is -2.39. The summed E-state index contributed by atoms with van der Waals surface area (Å²) in [5.41, 5.74) is 3.83. The Labute approximate surface area is 306 Å². The van der Waals surface area contributed by atoms with Gasteiger partial charge in [-0.3, -0.25) is 19.2 Å². The van der Waals surface area contributed by atoms with Crippen molar-refractivity contribution >= 4 is 34.2 Å². The number of amides is 3. The summed E-state index contributed by atoms with van der Waals surface area (Å²) in [6.07, 6.45) is -0.132. The van der Waals surface area contributed by atoms with E-state index in [1.165, 1.54) is 13.2 Å². The van der Waals surface area contributed by atoms with Crippen LogP contribution in [0.15, 0.2) is 83.8 Å². The van der Waals surface area contributed by atoms with E-state index in [4.69, 9.17) is 29.3 Å². The smallest absolute Gasteiger partial charge is 0.290 e. The standard InChI is InChI=1S/C37H38N4O8S.CH2O2/c1-22-15-27(18-34(23(22)2)50(38,45)46)37(44)41-14-13-33-31(20-41)40-36(43)26-9-12-32(47-3)30(17-26)25-5-4-6-29(16-25)48-21-35(42)39-19-24-7-10-28(49-33)11-8-24;2-1-3/h4-12,15-18,31,33H,13-14,19-21H2,1-3H3,(H,39,42)(H,40,43)(H2,38,45,46);1H,(H,2,3)/t31-,33-;/m1./s1. The molecule has 3 aliphatic heterocycles. The summed E-state index contributed by atoms with van der Waals surface area (Å²) in [7, 11) is -2.53. The molecular weight excluding hydrogens is 705 g/mol. The van der Waals surface area contributed by atoms with E-state index in [-0.39, 0.29) is 42.5 Å². The molecule has 3 heterocycles. The first-order valence-electron chi connectivity index (χ1n) is 16.6. The van der Waals surface area contributed by atoms with Gasteiger partial charge in [0.1, 0.15) is 23.4 Å². The molecule has 53 heavy (non-hydrogen) atoms. The molecule has 3 amide bonds. The first-order valence-corrected chi connectivity index (χ1v) is 18.1. The number of carboxylic acid groups (broad SMARTS) is 1. The number of aryl methyl sites for hydroxylation is 1. The predicted octanol–water partition coefficient (Wildman–Crippen LogP) is 3.43. The van der Waals surface area contributed by atoms with Crippen molar-refractivity contribution in [2.24, 2.45) is 5.14 Å². The molecule has 0 unspecified atom stereocenters. The molecular formula is C38H40N4O10S. The second-order valence-corrected chi connectivity index (χ2v) is 14.0. The van der Waals surface area contributed by atoms with Crippen molar-refractivity contribution in [3.8, 4) is 28.4 Å². The molecule has 278 valence electrons. The van der Waals surface area contributed by atoms with Crippen molar-refractivity contribution in [3.05, 3.63) is 107 Å². The van der Waals surface area contributed by atoms with Gasteiger partial charge in [0.15, 0.2) is 6.61 Å². The van der Waals surface area contributed by atoms with Crippen LogP contribution in [0, 0.1) is 13.8 Å². The Kier molecular flexibility index (Phi) is 12.0. The number of methoxy groups -OCH3 is 1. The van der Waals surface area contributed by atoms with Gasteiger partial charge in [-0.15, -0.1) is 0 Å². The van der Waals surface area contributed by atoms with Gasteiger partial charge in [-0.25, -0.2) is 13.6 Å². The summed E-state index contributed by atoms with van der Waals surface area (Å²) >= 11 is 0. The van der Waals surface area contributed by atoms with Crippen molar-refractivity contribution in [1.82, 2.24) is 15.5 Å². The number of benzene rings is 4. The third kappa shape index (κ3) is 9.30. The van der Waals surface area contributed by atoms with Crippen molar-refractivity contribution in [1.29, 1.82) is 0 Å². The van der Waals surface area contributed by atoms with Crippen LogP contribution in [0.3, 0.4) is 0 Å². The maximum atomic E-state index is 13.9. The van der Waals surface area contributed by atoms with Crippen LogP contribution < -0.4 is 30.0 Å². The van der Waals surface area contributed by atoms with Gasteiger partial charge in [0.2, 0.25) is 10.0 Å². The minimum atomic E-state index is -4.07. The molecule has 1 saturated heterocycles. The van der Waals surface area contributed by atoms with E-state index in [2.05, 4.69) is 10.6 Å². The average Bonchev–Trinajstić information content (AvgIpc) is 3.14. The van der Waals surface area contributed by atoms with E-state index in [0.717, 1.165) is 5.56 Å². The third-order valence-electron chi connectivity index (χ3n) is 9.00. The van der Waals surface area contributed by atoms with E-state index in [1.54, 1.807) is 73.3 Å². The summed E-state index contributed by atoms with van der Waals surface area (Å²) in [5, 5.41) is 18.3. The van der Waals surface area contributed by atoms with Gasteiger partial charge in [0.05, 0.1) is 18.0 Å². The molecule has 0 spiro atoms. The van der Waals surface area contributed by atoms with Crippen molar-refractivity contribution in [2.45, 2.75) is 43.9 Å². The third-order valence-corrected chi connectivity index (χ3v) is 10.0. The summed E-state index contributed by atoms with van der Waals surface area (Å²) < 4.78 is 42.4. The van der Waals surface area contributed by atoms with Crippen molar-refractivity contribution < 1.29 is 46.9 Å². The van der Waals surface area contributed by atoms with Gasteiger partial charge < -0.3 is 34.9 Å². The molecule has 4 aromatic carbocycles. The monoisotopic (exact) mass is 744 g/mol. The zero-order valence-corrected chi connectivity index (χ0v) is 30.1. The Morgan fingerprint density at radius 3 is 2.43 bits per heavy atom. The molecule has 0 aliphatic carbocycles. The normalized spacial score (nSPS) is 17.3. The highest BCUT2D eigenvalue weighted by molar-refractivity contribution is 7.89. The van der Waals surface area contributed by atoms with Gasteiger partial charge in [-0.05, 0) is 90.7 Å². The number of sulfonamides is 1. The highest BCUT2D eigenvalue weighted by Gasteiger charge is 2.35. The van der Waals surface area contributed by atoms with Gasteiger partial charge in [-0.2, -0.15) is 0 Å². The number of likely N-dealkylation sites (tertiary alicyclic amines) is 1. The quantitative estimate of drug-likeness (QED) is 0.225. The summed E-state index contributed by atoms with van der Waals surface area (Å²) in [6.45, 7) is 3.62. The highest BCUT2D eigenvalue weighted by Crippen LogP contribution is 2.33. The average molecular weight is 745 g/mol. The van der Waals surface area contributed by atoms with Gasteiger partial charge in [0.25, 0.3) is 24.2 Å². The topological polar surface area (TPSA) is 204 Å². The number of nitrogens with one attached hydrogen (secondary N) is 2. The molecule has 5 N–H and O–H groups in total. The molecule has 7 rings (SSSR count). The van der Waals surface area contributed by atoms with E-state index in [0.29, 0.717) is 58.0 Å². The van der Waals surface area contributed by atoms with Crippen LogP contribution in [-0.2, 0) is 26.2 Å². The molecule has 0 aromatic heterocycles. The lowest BCUT2D eigenvalue weighted by molar-refractivity contribution is -0.123. The lowest BCUT2D eigenvalue weighted by Crippen LogP contribution is -2.58. The molecule has 1 fully saturated rings. The highest BCUT2D eigenvalue weighted by atomic mass is 32.2. The first kappa shape index (κ1) is 38.3. The number of primary sulfonamides is 1. The first-order chi connectivity index (χ1) is 25.3. The minimum Gasteiger partial charge on any atom is -0.496 e. The fraction of sp³-hybridized carbons (Fsp3) is 0.263. The molecule has 0 radical (unpaired) electrons. The number of hydrogen-bond donors (Lipinski definition) is 4.